The van der Waals surface area contributed by atoms with E-state index in [-0.39, 0.29) is 5.91 Å². The topological polar surface area (TPSA) is 64.3 Å². The molecule has 0 spiro atoms. The molecule has 0 aliphatic carbocycles. The Labute approximate surface area is 95.8 Å². The van der Waals surface area contributed by atoms with E-state index in [2.05, 4.69) is 5.32 Å². The van der Waals surface area contributed by atoms with Gasteiger partial charge in [0.05, 0.1) is 12.1 Å². The Bertz CT molecular complexity index is 370. The number of hydrogen-bond acceptors (Lipinski definition) is 3. The van der Waals surface area contributed by atoms with Crippen molar-refractivity contribution in [2.24, 2.45) is 5.73 Å². The van der Waals surface area contributed by atoms with E-state index in [0.29, 0.717) is 6.61 Å². The van der Waals surface area contributed by atoms with Crippen molar-refractivity contribution in [1.82, 2.24) is 0 Å². The first-order chi connectivity index (χ1) is 7.43. The average molecular weight is 222 g/mol. The highest BCUT2D eigenvalue weighted by Gasteiger charge is 2.21. The number of methoxy groups -OCH3 is 1. The van der Waals surface area contributed by atoms with E-state index in [1.807, 2.05) is 24.3 Å². The summed E-state index contributed by atoms with van der Waals surface area (Å²) in [6, 6.07) is 7.50. The third kappa shape index (κ3) is 3.64. The van der Waals surface area contributed by atoms with Crippen LogP contribution < -0.4 is 11.1 Å². The van der Waals surface area contributed by atoms with E-state index in [1.54, 1.807) is 21.0 Å². The summed E-state index contributed by atoms with van der Waals surface area (Å²) < 4.78 is 5.02. The highest BCUT2D eigenvalue weighted by atomic mass is 16.5. The van der Waals surface area contributed by atoms with Gasteiger partial charge < -0.3 is 15.8 Å². The summed E-state index contributed by atoms with van der Waals surface area (Å²) in [6.07, 6.45) is 0. The fourth-order valence-electron chi connectivity index (χ4n) is 1.20. The van der Waals surface area contributed by atoms with Gasteiger partial charge in [-0.25, -0.2) is 0 Å². The van der Waals surface area contributed by atoms with Gasteiger partial charge in [-0.05, 0) is 31.5 Å². The van der Waals surface area contributed by atoms with Crippen molar-refractivity contribution >= 4 is 11.6 Å². The molecule has 16 heavy (non-hydrogen) atoms. The van der Waals surface area contributed by atoms with Crippen LogP contribution in [0.2, 0.25) is 0 Å². The summed E-state index contributed by atoms with van der Waals surface area (Å²) in [5.74, 6) is -0.206. The fraction of sp³-hybridized carbons (Fsp3) is 0.417. The van der Waals surface area contributed by atoms with Crippen LogP contribution in [0.4, 0.5) is 5.69 Å². The highest BCUT2D eigenvalue weighted by molar-refractivity contribution is 5.97. The Morgan fingerprint density at radius 3 is 2.75 bits per heavy atom. The van der Waals surface area contributed by atoms with Gasteiger partial charge in [-0.15, -0.1) is 0 Å². The largest absolute Gasteiger partial charge is 0.380 e. The van der Waals surface area contributed by atoms with Crippen molar-refractivity contribution in [2.75, 3.05) is 12.4 Å². The van der Waals surface area contributed by atoms with E-state index in [9.17, 15) is 4.79 Å². The number of nitrogens with one attached hydrogen (secondary N) is 1. The number of benzene rings is 1. The summed E-state index contributed by atoms with van der Waals surface area (Å²) in [5, 5.41) is 2.76. The Balaban J connectivity index is 2.74. The Kier molecular flexibility index (Phi) is 4.04. The lowest BCUT2D eigenvalue weighted by atomic mass is 10.1. The maximum absolute atomic E-state index is 11.6. The zero-order valence-corrected chi connectivity index (χ0v) is 9.91. The first-order valence-corrected chi connectivity index (χ1v) is 5.11. The lowest BCUT2D eigenvalue weighted by Crippen LogP contribution is -2.45. The molecule has 0 fully saturated rings. The van der Waals surface area contributed by atoms with Crippen molar-refractivity contribution in [3.05, 3.63) is 29.8 Å². The second kappa shape index (κ2) is 5.09. The molecule has 1 aromatic rings. The quantitative estimate of drug-likeness (QED) is 0.811. The van der Waals surface area contributed by atoms with E-state index < -0.39 is 5.54 Å². The number of hydrogen-bond donors (Lipinski definition) is 2. The number of rotatable bonds is 4. The molecular formula is C12H18N2O2. The van der Waals surface area contributed by atoms with Crippen LogP contribution in [0.15, 0.2) is 24.3 Å². The Morgan fingerprint density at radius 2 is 2.19 bits per heavy atom. The summed E-state index contributed by atoms with van der Waals surface area (Å²) in [4.78, 5) is 11.6. The number of ether oxygens (including phenoxy) is 1. The minimum absolute atomic E-state index is 0.206. The highest BCUT2D eigenvalue weighted by Crippen LogP contribution is 2.13. The number of carbonyl (C=O) groups is 1. The molecule has 4 nitrogen and oxygen atoms in total. The third-order valence-electron chi connectivity index (χ3n) is 2.08. The summed E-state index contributed by atoms with van der Waals surface area (Å²) >= 11 is 0. The van der Waals surface area contributed by atoms with E-state index in [0.717, 1.165) is 11.3 Å². The van der Waals surface area contributed by atoms with Crippen LogP contribution in [-0.2, 0) is 16.1 Å². The molecule has 0 bridgehead atoms. The van der Waals surface area contributed by atoms with Gasteiger partial charge >= 0.3 is 0 Å². The molecule has 0 unspecified atom stereocenters. The van der Waals surface area contributed by atoms with Crippen LogP contribution in [0.1, 0.15) is 19.4 Å². The lowest BCUT2D eigenvalue weighted by molar-refractivity contribution is -0.120. The summed E-state index contributed by atoms with van der Waals surface area (Å²) in [6.45, 7) is 3.86. The summed E-state index contributed by atoms with van der Waals surface area (Å²) in [7, 11) is 1.63. The van der Waals surface area contributed by atoms with Gasteiger partial charge in [0.15, 0.2) is 0 Å². The van der Waals surface area contributed by atoms with Gasteiger partial charge in [-0.2, -0.15) is 0 Å². The van der Waals surface area contributed by atoms with E-state index in [4.69, 9.17) is 10.5 Å². The predicted molar refractivity (Wildman–Crippen MR) is 64.1 cm³/mol. The predicted octanol–water partition coefficient (Wildman–Crippen LogP) is 1.51. The fourth-order valence-corrected chi connectivity index (χ4v) is 1.20. The molecule has 0 atom stereocenters. The van der Waals surface area contributed by atoms with E-state index in [1.165, 1.54) is 0 Å². The zero-order chi connectivity index (χ0) is 12.2. The minimum atomic E-state index is -0.878. The first kappa shape index (κ1) is 12.7. The van der Waals surface area contributed by atoms with Crippen molar-refractivity contribution in [3.63, 3.8) is 0 Å². The molecule has 4 heteroatoms. The smallest absolute Gasteiger partial charge is 0.243 e. The monoisotopic (exact) mass is 222 g/mol. The maximum Gasteiger partial charge on any atom is 0.243 e. The van der Waals surface area contributed by atoms with Crippen molar-refractivity contribution in [2.45, 2.75) is 26.0 Å². The molecule has 1 aromatic carbocycles. The molecule has 0 aromatic heterocycles. The average Bonchev–Trinajstić information content (AvgIpc) is 2.17. The van der Waals surface area contributed by atoms with Gasteiger partial charge in [0.25, 0.3) is 0 Å². The van der Waals surface area contributed by atoms with Crippen LogP contribution in [-0.4, -0.2) is 18.6 Å². The van der Waals surface area contributed by atoms with Crippen molar-refractivity contribution in [1.29, 1.82) is 0 Å². The minimum Gasteiger partial charge on any atom is -0.380 e. The molecule has 1 amide bonds. The van der Waals surface area contributed by atoms with Crippen molar-refractivity contribution < 1.29 is 9.53 Å². The molecule has 1 rings (SSSR count). The van der Waals surface area contributed by atoms with Crippen LogP contribution in [0.25, 0.3) is 0 Å². The lowest BCUT2D eigenvalue weighted by Gasteiger charge is -2.18. The number of amides is 1. The zero-order valence-electron chi connectivity index (χ0n) is 9.91. The third-order valence-corrected chi connectivity index (χ3v) is 2.08. The maximum atomic E-state index is 11.6. The molecule has 0 heterocycles. The van der Waals surface area contributed by atoms with Crippen LogP contribution in [0.3, 0.4) is 0 Å². The van der Waals surface area contributed by atoms with Crippen LogP contribution in [0.5, 0.6) is 0 Å². The van der Waals surface area contributed by atoms with Crippen molar-refractivity contribution in [3.8, 4) is 0 Å². The number of nitrogens with two attached hydrogens (primary N) is 1. The normalized spacial score (nSPS) is 11.2. The van der Waals surface area contributed by atoms with Gasteiger partial charge in [-0.1, -0.05) is 12.1 Å². The Hall–Kier alpha value is -1.39. The van der Waals surface area contributed by atoms with Crippen LogP contribution >= 0.6 is 0 Å². The molecule has 3 N–H and O–H groups in total. The summed E-state index contributed by atoms with van der Waals surface area (Å²) in [5.41, 5.74) is 6.55. The molecule has 0 saturated carbocycles. The second-order valence-corrected chi connectivity index (χ2v) is 4.31. The van der Waals surface area contributed by atoms with E-state index >= 15 is 0 Å². The molecule has 0 saturated heterocycles. The second-order valence-electron chi connectivity index (χ2n) is 4.31. The first-order valence-electron chi connectivity index (χ1n) is 5.11. The SMILES string of the molecule is COCc1cccc(NC(=O)C(C)(C)N)c1. The number of carbonyl (C=O) groups excluding carboxylic acids is 1. The van der Waals surface area contributed by atoms with Gasteiger partial charge in [0, 0.05) is 12.8 Å². The van der Waals surface area contributed by atoms with Gasteiger partial charge in [-0.3, -0.25) is 4.79 Å². The number of anilines is 1. The van der Waals surface area contributed by atoms with Gasteiger partial charge in [0.1, 0.15) is 0 Å². The standard InChI is InChI=1S/C12H18N2O2/c1-12(2,13)11(15)14-10-6-4-5-9(7-10)8-16-3/h4-7H,8,13H2,1-3H3,(H,14,15). The molecule has 0 radical (unpaired) electrons. The Morgan fingerprint density at radius 1 is 1.50 bits per heavy atom. The van der Waals surface area contributed by atoms with Crippen LogP contribution in [0, 0.1) is 0 Å². The molecule has 0 aliphatic heterocycles. The molecular weight excluding hydrogens is 204 g/mol. The van der Waals surface area contributed by atoms with Gasteiger partial charge in [0.2, 0.25) is 5.91 Å². The molecule has 0 aliphatic rings. The molecule has 88 valence electrons.